The van der Waals surface area contributed by atoms with E-state index in [1.54, 1.807) is 18.3 Å². The van der Waals surface area contributed by atoms with Gasteiger partial charge in [0.2, 0.25) is 0 Å². The predicted molar refractivity (Wildman–Crippen MR) is 139 cm³/mol. The molecule has 0 aliphatic carbocycles. The van der Waals surface area contributed by atoms with Crippen LogP contribution in [0.3, 0.4) is 0 Å². The average Bonchev–Trinajstić information content (AvgIpc) is 3.33. The predicted octanol–water partition coefficient (Wildman–Crippen LogP) is 2.71. The molecule has 2 aliphatic rings. The largest absolute Gasteiger partial charge is 0.469 e. The van der Waals surface area contributed by atoms with E-state index < -0.39 is 0 Å². The Hall–Kier alpha value is -1.53. The zero-order valence-corrected chi connectivity index (χ0v) is 22.3. The normalized spacial score (nSPS) is 18.6. The number of piperidine rings is 2. The van der Waals surface area contributed by atoms with Gasteiger partial charge in [0.25, 0.3) is 0 Å². The number of nitrogens with zero attached hydrogens (tertiary/aromatic N) is 3. The molecule has 0 atom stereocenters. The zero-order chi connectivity index (χ0) is 22.6. The molecule has 2 N–H and O–H groups in total. The van der Waals surface area contributed by atoms with Gasteiger partial charge in [-0.1, -0.05) is 0 Å². The van der Waals surface area contributed by atoms with Crippen molar-refractivity contribution >= 4 is 36.0 Å². The van der Waals surface area contributed by atoms with Crippen LogP contribution in [0.4, 0.5) is 4.79 Å². The lowest BCUT2D eigenvalue weighted by Crippen LogP contribution is -2.53. The molecule has 0 spiro atoms. The Morgan fingerprint density at radius 1 is 1.15 bits per heavy atom. The van der Waals surface area contributed by atoms with Crippen molar-refractivity contribution in [3.05, 3.63) is 24.2 Å². The van der Waals surface area contributed by atoms with E-state index in [0.717, 1.165) is 70.1 Å². The van der Waals surface area contributed by atoms with Crippen molar-refractivity contribution in [3.8, 4) is 0 Å². The Morgan fingerprint density at radius 3 is 2.39 bits per heavy atom. The fourth-order valence-corrected chi connectivity index (χ4v) is 4.19. The molecule has 10 heteroatoms. The molecule has 2 saturated heterocycles. The number of carbonyl (C=O) groups excluding carboxylic acids is 1. The van der Waals surface area contributed by atoms with Gasteiger partial charge in [-0.05, 0) is 44.7 Å². The van der Waals surface area contributed by atoms with Crippen molar-refractivity contribution in [1.29, 1.82) is 0 Å². The van der Waals surface area contributed by atoms with E-state index >= 15 is 0 Å². The van der Waals surface area contributed by atoms with Crippen molar-refractivity contribution in [3.63, 3.8) is 0 Å². The van der Waals surface area contributed by atoms with Crippen LogP contribution in [-0.4, -0.2) is 93.5 Å². The first kappa shape index (κ1) is 27.7. The summed E-state index contributed by atoms with van der Waals surface area (Å²) < 4.78 is 15.8. The maximum Gasteiger partial charge on any atom is 0.409 e. The van der Waals surface area contributed by atoms with E-state index in [-0.39, 0.29) is 36.1 Å². The lowest BCUT2D eigenvalue weighted by atomic mass is 10.0. The number of nitrogens with one attached hydrogen (secondary N) is 2. The maximum absolute atomic E-state index is 12.0. The zero-order valence-electron chi connectivity index (χ0n) is 20.0. The summed E-state index contributed by atoms with van der Waals surface area (Å²) in [6.07, 6.45) is 6.20. The lowest BCUT2D eigenvalue weighted by Gasteiger charge is -2.35. The Balaban J connectivity index is 0.00000385. The second-order valence-electron chi connectivity index (χ2n) is 8.42. The fraction of sp³-hybridized carbons (Fsp3) is 0.739. The van der Waals surface area contributed by atoms with Crippen molar-refractivity contribution in [1.82, 2.24) is 20.4 Å². The van der Waals surface area contributed by atoms with Gasteiger partial charge in [-0.3, -0.25) is 4.99 Å². The molecular weight excluding hydrogens is 537 g/mol. The quantitative estimate of drug-likeness (QED) is 0.265. The van der Waals surface area contributed by atoms with E-state index in [9.17, 15) is 4.79 Å². The molecular formula is C23H40IN5O4. The molecule has 3 heterocycles. The van der Waals surface area contributed by atoms with Crippen LogP contribution in [0.25, 0.3) is 0 Å². The smallest absolute Gasteiger partial charge is 0.409 e. The molecule has 33 heavy (non-hydrogen) atoms. The minimum atomic E-state index is -0.211. The van der Waals surface area contributed by atoms with Gasteiger partial charge < -0.3 is 34.3 Å². The molecule has 0 radical (unpaired) electrons. The van der Waals surface area contributed by atoms with Crippen LogP contribution in [0.5, 0.6) is 0 Å². The van der Waals surface area contributed by atoms with Gasteiger partial charge in [-0.15, -0.1) is 24.0 Å². The summed E-state index contributed by atoms with van der Waals surface area (Å²) in [7, 11) is 1.75. The van der Waals surface area contributed by atoms with Crippen LogP contribution in [0.2, 0.25) is 0 Å². The topological polar surface area (TPSA) is 91.6 Å². The molecule has 9 nitrogen and oxygen atoms in total. The Labute approximate surface area is 214 Å². The molecule has 0 aromatic carbocycles. The van der Waals surface area contributed by atoms with E-state index in [2.05, 4.69) is 15.5 Å². The third-order valence-electron chi connectivity index (χ3n) is 6.11. The van der Waals surface area contributed by atoms with Crippen LogP contribution in [0.15, 0.2) is 27.8 Å². The number of hydrogen-bond donors (Lipinski definition) is 2. The van der Waals surface area contributed by atoms with Crippen molar-refractivity contribution in [2.24, 2.45) is 4.99 Å². The number of halogens is 1. The summed E-state index contributed by atoms with van der Waals surface area (Å²) in [6, 6.07) is 4.59. The second kappa shape index (κ2) is 15.4. The lowest BCUT2D eigenvalue weighted by molar-refractivity contribution is 0.0962. The highest BCUT2D eigenvalue weighted by atomic mass is 127. The summed E-state index contributed by atoms with van der Waals surface area (Å²) in [5.41, 5.74) is 0. The minimum Gasteiger partial charge on any atom is -0.469 e. The average molecular weight is 578 g/mol. The first-order valence-corrected chi connectivity index (χ1v) is 11.9. The van der Waals surface area contributed by atoms with Crippen molar-refractivity contribution < 1.29 is 18.7 Å². The van der Waals surface area contributed by atoms with Gasteiger partial charge in [0, 0.05) is 64.9 Å². The first-order chi connectivity index (χ1) is 15.7. The second-order valence-corrected chi connectivity index (χ2v) is 8.42. The van der Waals surface area contributed by atoms with Crippen LogP contribution in [0, 0.1) is 0 Å². The van der Waals surface area contributed by atoms with E-state index in [1.165, 1.54) is 0 Å². The number of furan rings is 1. The number of amides is 1. The molecule has 1 aromatic heterocycles. The molecule has 0 unspecified atom stereocenters. The monoisotopic (exact) mass is 577 g/mol. The molecule has 0 bridgehead atoms. The van der Waals surface area contributed by atoms with Gasteiger partial charge in [0.1, 0.15) is 5.76 Å². The molecule has 1 aromatic rings. The van der Waals surface area contributed by atoms with Gasteiger partial charge in [-0.2, -0.15) is 0 Å². The number of carbonyl (C=O) groups is 1. The highest BCUT2D eigenvalue weighted by Gasteiger charge is 2.25. The van der Waals surface area contributed by atoms with Gasteiger partial charge >= 0.3 is 6.09 Å². The van der Waals surface area contributed by atoms with E-state index in [4.69, 9.17) is 18.9 Å². The third kappa shape index (κ3) is 9.70. The van der Waals surface area contributed by atoms with E-state index in [1.807, 2.05) is 19.1 Å². The number of methoxy groups -OCH3 is 1. The third-order valence-corrected chi connectivity index (χ3v) is 6.11. The van der Waals surface area contributed by atoms with Crippen LogP contribution in [0.1, 0.15) is 38.4 Å². The number of hydrogen-bond acceptors (Lipinski definition) is 6. The summed E-state index contributed by atoms with van der Waals surface area (Å²) in [5, 5.41) is 7.28. The molecule has 1 amide bonds. The fourth-order valence-electron chi connectivity index (χ4n) is 4.19. The van der Waals surface area contributed by atoms with Crippen LogP contribution in [-0.2, 0) is 15.9 Å². The molecule has 2 fully saturated rings. The Bertz CT molecular complexity index is 687. The molecule has 188 valence electrons. The number of guanidine groups is 1. The van der Waals surface area contributed by atoms with Crippen molar-refractivity contribution in [2.75, 3.05) is 59.6 Å². The SMILES string of the molecule is CCOC(=O)N1CCC(NC(=NCCc2ccco2)NC2CCN(CCOC)CC2)CC1.I. The van der Waals surface area contributed by atoms with E-state index in [0.29, 0.717) is 32.3 Å². The number of ether oxygens (including phenoxy) is 2. The number of rotatable bonds is 9. The molecule has 2 aliphatic heterocycles. The van der Waals surface area contributed by atoms with Gasteiger partial charge in [0.15, 0.2) is 5.96 Å². The summed E-state index contributed by atoms with van der Waals surface area (Å²) in [4.78, 5) is 21.0. The van der Waals surface area contributed by atoms with Crippen LogP contribution < -0.4 is 10.6 Å². The number of aliphatic imine (C=N–C) groups is 1. The van der Waals surface area contributed by atoms with Crippen LogP contribution >= 0.6 is 24.0 Å². The molecule has 0 saturated carbocycles. The molecule has 3 rings (SSSR count). The highest BCUT2D eigenvalue weighted by Crippen LogP contribution is 2.13. The Kier molecular flexibility index (Phi) is 12.9. The highest BCUT2D eigenvalue weighted by molar-refractivity contribution is 14.0. The minimum absolute atomic E-state index is 0. The summed E-state index contributed by atoms with van der Waals surface area (Å²) in [6.45, 7) is 8.23. The van der Waals surface area contributed by atoms with Gasteiger partial charge in [-0.25, -0.2) is 4.79 Å². The maximum atomic E-state index is 12.0. The van der Waals surface area contributed by atoms with Crippen molar-refractivity contribution in [2.45, 2.75) is 51.1 Å². The number of likely N-dealkylation sites (tertiary alicyclic amines) is 2. The summed E-state index contributed by atoms with van der Waals surface area (Å²) in [5.74, 6) is 1.81. The standard InChI is InChI=1S/C23H39N5O4.HI/c1-3-31-23(29)28-14-9-20(10-15-28)26-22(24-11-6-21-5-4-17-32-21)25-19-7-12-27(13-8-19)16-18-30-2;/h4-5,17,19-20H,3,6-16,18H2,1-2H3,(H2,24,25,26);1H. The summed E-state index contributed by atoms with van der Waals surface area (Å²) >= 11 is 0. The first-order valence-electron chi connectivity index (χ1n) is 11.9. The Morgan fingerprint density at radius 2 is 1.82 bits per heavy atom. The van der Waals surface area contributed by atoms with Gasteiger partial charge in [0.05, 0.1) is 19.5 Å².